The minimum Gasteiger partial charge on any atom is -0.462 e. The van der Waals surface area contributed by atoms with Crippen LogP contribution in [0.2, 0.25) is 0 Å². The Kier molecular flexibility index (Phi) is 74.8. The summed E-state index contributed by atoms with van der Waals surface area (Å²) >= 11 is 0. The average molecular weight is 1240 g/mol. The van der Waals surface area contributed by atoms with Crippen LogP contribution in [0.3, 0.4) is 0 Å². The summed E-state index contributed by atoms with van der Waals surface area (Å²) in [6.45, 7) is 3.94. The molecule has 0 aromatic heterocycles. The number of aliphatic hydroxyl groups excluding tert-OH is 1. The molecule has 1 atom stereocenters. The maximum absolute atomic E-state index is 12.4. The Morgan fingerprint density at radius 1 is 0.256 bits per heavy atom. The Morgan fingerprint density at radius 3 is 0.667 bits per heavy atom. The van der Waals surface area contributed by atoms with Gasteiger partial charge in [-0.15, -0.1) is 0 Å². The van der Waals surface area contributed by atoms with Crippen molar-refractivity contribution in [2.45, 2.75) is 354 Å². The highest BCUT2D eigenvalue weighted by molar-refractivity contribution is 5.70. The number of ether oxygens (including phenoxy) is 2. The molecule has 1 unspecified atom stereocenters. The number of allylic oxidation sites excluding steroid dienone is 26. The maximum Gasteiger partial charge on any atom is 0.306 e. The van der Waals surface area contributed by atoms with E-state index < -0.39 is 6.10 Å². The molecule has 0 saturated heterocycles. The second kappa shape index (κ2) is 78.8. The van der Waals surface area contributed by atoms with Gasteiger partial charge in [-0.2, -0.15) is 0 Å². The van der Waals surface area contributed by atoms with Gasteiger partial charge in [0.25, 0.3) is 0 Å². The van der Waals surface area contributed by atoms with Gasteiger partial charge < -0.3 is 14.6 Å². The van der Waals surface area contributed by atoms with Gasteiger partial charge in [0.1, 0.15) is 6.61 Å². The van der Waals surface area contributed by atoms with Crippen molar-refractivity contribution in [3.8, 4) is 0 Å². The van der Waals surface area contributed by atoms with E-state index in [1.165, 1.54) is 199 Å². The molecular formula is C85H142O5. The van der Waals surface area contributed by atoms with Crippen LogP contribution in [-0.4, -0.2) is 36.4 Å². The molecule has 0 heterocycles. The molecule has 0 amide bonds. The van der Waals surface area contributed by atoms with Crippen LogP contribution < -0.4 is 0 Å². The van der Waals surface area contributed by atoms with E-state index in [4.69, 9.17) is 9.47 Å². The largest absolute Gasteiger partial charge is 0.462 e. The second-order valence-electron chi connectivity index (χ2n) is 25.0. The third-order valence-electron chi connectivity index (χ3n) is 16.3. The second-order valence-corrected chi connectivity index (χ2v) is 25.0. The first kappa shape index (κ1) is 85.5. The van der Waals surface area contributed by atoms with Crippen molar-refractivity contribution in [2.75, 3.05) is 13.2 Å². The summed E-state index contributed by atoms with van der Waals surface area (Å²) in [5, 5.41) is 9.72. The van der Waals surface area contributed by atoms with E-state index in [1.54, 1.807) is 0 Å². The van der Waals surface area contributed by atoms with Gasteiger partial charge in [0.2, 0.25) is 0 Å². The molecule has 0 radical (unpaired) electrons. The summed E-state index contributed by atoms with van der Waals surface area (Å²) < 4.78 is 10.8. The molecule has 90 heavy (non-hydrogen) atoms. The predicted octanol–water partition coefficient (Wildman–Crippen LogP) is 27.0. The lowest BCUT2D eigenvalue weighted by Gasteiger charge is -2.15. The molecular weight excluding hydrogens is 1100 g/mol. The molecule has 0 aromatic rings. The highest BCUT2D eigenvalue weighted by atomic mass is 16.6. The van der Waals surface area contributed by atoms with Gasteiger partial charge >= 0.3 is 11.9 Å². The van der Waals surface area contributed by atoms with Gasteiger partial charge in [0.05, 0.1) is 6.61 Å². The van der Waals surface area contributed by atoms with Crippen LogP contribution in [-0.2, 0) is 19.1 Å². The van der Waals surface area contributed by atoms with Gasteiger partial charge in [0, 0.05) is 12.8 Å². The van der Waals surface area contributed by atoms with Crippen molar-refractivity contribution in [1.29, 1.82) is 0 Å². The minimum absolute atomic E-state index is 0.0691. The number of carbonyl (C=O) groups is 2. The fourth-order valence-corrected chi connectivity index (χ4v) is 10.7. The first-order valence-electron chi connectivity index (χ1n) is 38.0. The third kappa shape index (κ3) is 76.0. The lowest BCUT2D eigenvalue weighted by atomic mass is 10.0. The number of rotatable bonds is 69. The van der Waals surface area contributed by atoms with E-state index >= 15 is 0 Å². The zero-order chi connectivity index (χ0) is 64.7. The minimum atomic E-state index is -0.781. The molecule has 0 saturated carbocycles. The van der Waals surface area contributed by atoms with Crippen LogP contribution >= 0.6 is 0 Å². The van der Waals surface area contributed by atoms with Gasteiger partial charge in [-0.1, -0.05) is 371 Å². The van der Waals surface area contributed by atoms with Gasteiger partial charge in [0.15, 0.2) is 6.10 Å². The number of hydrogen-bond donors (Lipinski definition) is 1. The summed E-state index contributed by atoms with van der Waals surface area (Å²) in [4.78, 5) is 24.7. The van der Waals surface area contributed by atoms with Crippen molar-refractivity contribution < 1.29 is 24.2 Å². The molecule has 0 aliphatic carbocycles. The molecule has 512 valence electrons. The van der Waals surface area contributed by atoms with Crippen molar-refractivity contribution >= 4 is 11.9 Å². The zero-order valence-corrected chi connectivity index (χ0v) is 58.9. The Hall–Kier alpha value is -4.48. The zero-order valence-electron chi connectivity index (χ0n) is 58.9. The fourth-order valence-electron chi connectivity index (χ4n) is 10.7. The summed E-state index contributed by atoms with van der Waals surface area (Å²) in [7, 11) is 0. The molecule has 0 aliphatic rings. The Labute approximate surface area is 558 Å². The Balaban J connectivity index is 3.48. The lowest BCUT2D eigenvalue weighted by Crippen LogP contribution is -2.28. The molecule has 0 aliphatic heterocycles. The molecule has 0 fully saturated rings. The van der Waals surface area contributed by atoms with E-state index in [9.17, 15) is 14.7 Å². The van der Waals surface area contributed by atoms with E-state index in [2.05, 4.69) is 172 Å². The standard InChI is InChI=1S/C85H142O5/c1-3-5-7-9-11-13-15-17-19-21-23-25-27-29-31-33-35-37-39-40-41-42-43-44-46-48-50-52-54-56-58-60-62-64-66-68-70-72-74-76-78-80-85(88)90-83(81-86)82-89-84(87)79-77-75-73-71-69-67-65-63-61-59-57-55-53-51-49-47-45-38-36-34-32-30-28-26-24-22-20-18-16-14-12-10-8-6-4-2/h5-8,11-14,17-20,23-26,29,31,35,37,40-41,43-44,48,50,83,86H,3-4,9-10,15-16,21-22,27-28,30,32-34,36,38-39,42,45-47,49,51-82H2,1-2H3/b7-5-,8-6-,13-11-,14-12-,19-17-,20-18-,25-23-,26-24-,31-29-,37-35-,41-40-,44-43-,50-48-. The molecule has 0 spiro atoms. The van der Waals surface area contributed by atoms with Crippen molar-refractivity contribution in [3.05, 3.63) is 158 Å². The van der Waals surface area contributed by atoms with Gasteiger partial charge in [-0.25, -0.2) is 0 Å². The summed E-state index contributed by atoms with van der Waals surface area (Å²) in [5.41, 5.74) is 0. The van der Waals surface area contributed by atoms with Crippen molar-refractivity contribution in [3.63, 3.8) is 0 Å². The predicted molar refractivity (Wildman–Crippen MR) is 398 cm³/mol. The fraction of sp³-hybridized carbons (Fsp3) is 0.671. The monoisotopic (exact) mass is 1240 g/mol. The smallest absolute Gasteiger partial charge is 0.306 e. The maximum atomic E-state index is 12.4. The van der Waals surface area contributed by atoms with Crippen LogP contribution in [0.1, 0.15) is 348 Å². The summed E-state index contributed by atoms with van der Waals surface area (Å²) in [6, 6.07) is 0. The highest BCUT2D eigenvalue weighted by Gasteiger charge is 2.16. The first-order chi connectivity index (χ1) is 44.6. The average Bonchev–Trinajstić information content (AvgIpc) is 3.60. The topological polar surface area (TPSA) is 72.8 Å². The van der Waals surface area contributed by atoms with E-state index in [0.29, 0.717) is 12.8 Å². The number of esters is 2. The van der Waals surface area contributed by atoms with Gasteiger partial charge in [-0.3, -0.25) is 9.59 Å². The summed E-state index contributed by atoms with van der Waals surface area (Å²) in [5.74, 6) is -0.584. The SMILES string of the molecule is CC/C=C\C/C=C\C/C=C\C/C=C\C/C=C\C/C=C\C/C=C\C/C=C\C/C=C\CCCCCCCCCCCCCCCC(=O)OC(CO)COC(=O)CCCCCCCCCCCCCCCCCCCCCCCC/C=C\C/C=C\C/C=C\C/C=C\CC. The van der Waals surface area contributed by atoms with E-state index in [-0.39, 0.29) is 25.2 Å². The van der Waals surface area contributed by atoms with E-state index in [1.807, 2.05) is 0 Å². The van der Waals surface area contributed by atoms with Crippen LogP contribution in [0.15, 0.2) is 158 Å². The van der Waals surface area contributed by atoms with Crippen molar-refractivity contribution in [1.82, 2.24) is 0 Å². The molecule has 5 heteroatoms. The Bertz CT molecular complexity index is 1900. The van der Waals surface area contributed by atoms with Crippen LogP contribution in [0.25, 0.3) is 0 Å². The Morgan fingerprint density at radius 2 is 0.444 bits per heavy atom. The molecule has 5 nitrogen and oxygen atoms in total. The third-order valence-corrected chi connectivity index (χ3v) is 16.3. The number of hydrogen-bond acceptors (Lipinski definition) is 5. The number of carbonyl (C=O) groups excluding carboxylic acids is 2. The summed E-state index contributed by atoms with van der Waals surface area (Å²) in [6.07, 6.45) is 120. The van der Waals surface area contributed by atoms with Crippen molar-refractivity contribution in [2.24, 2.45) is 0 Å². The van der Waals surface area contributed by atoms with E-state index in [0.717, 1.165) is 122 Å². The first-order valence-corrected chi connectivity index (χ1v) is 38.0. The number of unbranched alkanes of at least 4 members (excludes halogenated alkanes) is 35. The van der Waals surface area contributed by atoms with Gasteiger partial charge in [-0.05, 0) is 122 Å². The lowest BCUT2D eigenvalue weighted by molar-refractivity contribution is -0.161. The highest BCUT2D eigenvalue weighted by Crippen LogP contribution is 2.18. The quantitative estimate of drug-likeness (QED) is 0.0373. The molecule has 1 N–H and O–H groups in total. The molecule has 0 bridgehead atoms. The normalized spacial score (nSPS) is 13.1. The van der Waals surface area contributed by atoms with Crippen LogP contribution in [0, 0.1) is 0 Å². The molecule has 0 aromatic carbocycles. The van der Waals surface area contributed by atoms with Crippen LogP contribution in [0.4, 0.5) is 0 Å². The molecule has 0 rings (SSSR count). The number of aliphatic hydroxyl groups is 1. The van der Waals surface area contributed by atoms with Crippen LogP contribution in [0.5, 0.6) is 0 Å².